The molecular weight excluding hydrogens is 335 g/mol. The first-order chi connectivity index (χ1) is 10.7. The average Bonchev–Trinajstić information content (AvgIpc) is 2.41. The molecule has 23 heavy (non-hydrogen) atoms. The number of carbonyl (C=O) groups excluding carboxylic acids is 1. The summed E-state index contributed by atoms with van der Waals surface area (Å²) in [5.41, 5.74) is 0.609. The van der Waals surface area contributed by atoms with Gasteiger partial charge >= 0.3 is 0 Å². The molecule has 0 radical (unpaired) electrons. The third-order valence-corrected chi connectivity index (χ3v) is 3.28. The topological polar surface area (TPSA) is 65.5 Å². The zero-order valence-electron chi connectivity index (χ0n) is 14.0. The van der Waals surface area contributed by atoms with Gasteiger partial charge in [0.25, 0.3) is 0 Å². The van der Waals surface area contributed by atoms with Crippen LogP contribution in [0.4, 0.5) is 0 Å². The molecule has 128 valence electrons. The molecule has 0 saturated heterocycles. The number of guanidine groups is 1. The van der Waals surface area contributed by atoms with Gasteiger partial charge in [0.05, 0.1) is 13.1 Å². The fraction of sp³-hybridized carbons (Fsp3) is 0.500. The Morgan fingerprint density at radius 2 is 1.91 bits per heavy atom. The van der Waals surface area contributed by atoms with Crippen molar-refractivity contribution in [2.75, 3.05) is 13.1 Å². The molecule has 0 heterocycles. The first kappa shape index (κ1) is 19.6. The van der Waals surface area contributed by atoms with Crippen molar-refractivity contribution in [2.45, 2.75) is 39.8 Å². The highest BCUT2D eigenvalue weighted by molar-refractivity contribution is 6.35. The predicted octanol–water partition coefficient (Wildman–Crippen LogP) is 2.96. The van der Waals surface area contributed by atoms with Crippen LogP contribution in [-0.2, 0) is 11.3 Å². The molecule has 0 fully saturated rings. The molecule has 0 aliphatic rings. The molecule has 0 aliphatic heterocycles. The Hall–Kier alpha value is -1.46. The van der Waals surface area contributed by atoms with Crippen LogP contribution in [0.1, 0.15) is 33.3 Å². The van der Waals surface area contributed by atoms with Crippen molar-refractivity contribution >= 4 is 35.1 Å². The average molecular weight is 359 g/mol. The molecule has 1 aromatic rings. The summed E-state index contributed by atoms with van der Waals surface area (Å²) in [6.45, 7) is 9.01. The number of nitrogens with zero attached hydrogens (tertiary/aromatic N) is 1. The van der Waals surface area contributed by atoms with Crippen LogP contribution in [0.2, 0.25) is 10.0 Å². The summed E-state index contributed by atoms with van der Waals surface area (Å²) in [4.78, 5) is 16.3. The Labute approximate surface area is 147 Å². The maximum absolute atomic E-state index is 11.8. The Balaban J connectivity index is 2.64. The van der Waals surface area contributed by atoms with Crippen molar-refractivity contribution in [3.8, 4) is 0 Å². The quantitative estimate of drug-likeness (QED) is 0.559. The first-order valence-electron chi connectivity index (χ1n) is 7.48. The van der Waals surface area contributed by atoms with E-state index in [1.807, 2.05) is 33.8 Å². The van der Waals surface area contributed by atoms with Gasteiger partial charge in [-0.3, -0.25) is 4.79 Å². The summed E-state index contributed by atoms with van der Waals surface area (Å²) >= 11 is 12.0. The first-order valence-corrected chi connectivity index (χ1v) is 8.24. The van der Waals surface area contributed by atoms with Gasteiger partial charge in [0.2, 0.25) is 5.91 Å². The van der Waals surface area contributed by atoms with Crippen LogP contribution in [0.5, 0.6) is 0 Å². The molecule has 0 spiro atoms. The van der Waals surface area contributed by atoms with Gasteiger partial charge in [0.15, 0.2) is 5.96 Å². The van der Waals surface area contributed by atoms with E-state index >= 15 is 0 Å². The molecule has 0 bridgehead atoms. The summed E-state index contributed by atoms with van der Waals surface area (Å²) in [7, 11) is 0. The summed E-state index contributed by atoms with van der Waals surface area (Å²) in [5.74, 6) is 0.468. The van der Waals surface area contributed by atoms with E-state index in [1.54, 1.807) is 12.1 Å². The maximum atomic E-state index is 11.8. The van der Waals surface area contributed by atoms with Crippen LogP contribution in [0, 0.1) is 0 Å². The lowest BCUT2D eigenvalue weighted by molar-refractivity contribution is -0.121. The SMILES string of the molecule is CCNC(=NCc1ccc(Cl)cc1Cl)NCC(=O)NC(C)(C)C. The smallest absolute Gasteiger partial charge is 0.239 e. The third kappa shape index (κ3) is 8.09. The van der Waals surface area contributed by atoms with Crippen LogP contribution in [0.3, 0.4) is 0 Å². The zero-order chi connectivity index (χ0) is 17.5. The molecule has 0 aromatic heterocycles. The molecule has 5 nitrogen and oxygen atoms in total. The second-order valence-electron chi connectivity index (χ2n) is 6.08. The van der Waals surface area contributed by atoms with Gasteiger partial charge in [-0.15, -0.1) is 0 Å². The normalized spacial score (nSPS) is 12.0. The van der Waals surface area contributed by atoms with Gasteiger partial charge in [0, 0.05) is 22.1 Å². The Kier molecular flexibility index (Phi) is 7.65. The van der Waals surface area contributed by atoms with Crippen LogP contribution < -0.4 is 16.0 Å². The molecule has 7 heteroatoms. The highest BCUT2D eigenvalue weighted by atomic mass is 35.5. The number of nitrogens with one attached hydrogen (secondary N) is 3. The number of hydrogen-bond acceptors (Lipinski definition) is 2. The third-order valence-electron chi connectivity index (χ3n) is 2.70. The molecular formula is C16H24Cl2N4O. The standard InChI is InChI=1S/C16H24Cl2N4O/c1-5-19-15(21-10-14(23)22-16(2,3)4)20-9-11-6-7-12(17)8-13(11)18/h6-8H,5,9-10H2,1-4H3,(H,22,23)(H2,19,20,21). The second-order valence-corrected chi connectivity index (χ2v) is 6.93. The minimum atomic E-state index is -0.259. The highest BCUT2D eigenvalue weighted by Gasteiger charge is 2.13. The number of amides is 1. The van der Waals surface area contributed by atoms with E-state index in [9.17, 15) is 4.79 Å². The Morgan fingerprint density at radius 3 is 2.48 bits per heavy atom. The number of rotatable bonds is 5. The van der Waals surface area contributed by atoms with Crippen molar-refractivity contribution < 1.29 is 4.79 Å². The number of hydrogen-bond donors (Lipinski definition) is 3. The van der Waals surface area contributed by atoms with Gasteiger partial charge in [-0.05, 0) is 45.4 Å². The fourth-order valence-electron chi connectivity index (χ4n) is 1.78. The molecule has 1 rings (SSSR count). The van der Waals surface area contributed by atoms with E-state index < -0.39 is 0 Å². The molecule has 3 N–H and O–H groups in total. The van der Waals surface area contributed by atoms with Gasteiger partial charge < -0.3 is 16.0 Å². The van der Waals surface area contributed by atoms with E-state index in [1.165, 1.54) is 0 Å². The van der Waals surface area contributed by atoms with Crippen LogP contribution in [0.15, 0.2) is 23.2 Å². The van der Waals surface area contributed by atoms with Gasteiger partial charge in [-0.25, -0.2) is 4.99 Å². The Morgan fingerprint density at radius 1 is 1.22 bits per heavy atom. The number of halogens is 2. The molecule has 1 aromatic carbocycles. The van der Waals surface area contributed by atoms with E-state index in [0.29, 0.717) is 29.1 Å². The minimum absolute atomic E-state index is 0.0902. The summed E-state index contributed by atoms with van der Waals surface area (Å²) in [6.07, 6.45) is 0. The lowest BCUT2D eigenvalue weighted by Gasteiger charge is -2.21. The lowest BCUT2D eigenvalue weighted by atomic mass is 10.1. The fourth-order valence-corrected chi connectivity index (χ4v) is 2.25. The van der Waals surface area contributed by atoms with Gasteiger partial charge in [0.1, 0.15) is 0 Å². The summed E-state index contributed by atoms with van der Waals surface area (Å²) in [6, 6.07) is 5.30. The van der Waals surface area contributed by atoms with Crippen LogP contribution in [0.25, 0.3) is 0 Å². The highest BCUT2D eigenvalue weighted by Crippen LogP contribution is 2.21. The van der Waals surface area contributed by atoms with Crippen molar-refractivity contribution in [1.82, 2.24) is 16.0 Å². The molecule has 0 aliphatic carbocycles. The maximum Gasteiger partial charge on any atom is 0.239 e. The predicted molar refractivity (Wildman–Crippen MR) is 97.2 cm³/mol. The van der Waals surface area contributed by atoms with Crippen LogP contribution in [-0.4, -0.2) is 30.5 Å². The van der Waals surface area contributed by atoms with Gasteiger partial charge in [-0.2, -0.15) is 0 Å². The number of aliphatic imine (C=N–C) groups is 1. The monoisotopic (exact) mass is 358 g/mol. The largest absolute Gasteiger partial charge is 0.357 e. The molecule has 0 unspecified atom stereocenters. The van der Waals surface area contributed by atoms with Crippen LogP contribution >= 0.6 is 23.2 Å². The minimum Gasteiger partial charge on any atom is -0.357 e. The van der Waals surface area contributed by atoms with E-state index in [0.717, 1.165) is 5.56 Å². The van der Waals surface area contributed by atoms with Crippen molar-refractivity contribution in [1.29, 1.82) is 0 Å². The number of benzene rings is 1. The zero-order valence-corrected chi connectivity index (χ0v) is 15.5. The van der Waals surface area contributed by atoms with Crippen molar-refractivity contribution in [3.05, 3.63) is 33.8 Å². The van der Waals surface area contributed by atoms with Crippen molar-refractivity contribution in [2.24, 2.45) is 4.99 Å². The summed E-state index contributed by atoms with van der Waals surface area (Å²) < 4.78 is 0. The van der Waals surface area contributed by atoms with Crippen molar-refractivity contribution in [3.63, 3.8) is 0 Å². The van der Waals surface area contributed by atoms with E-state index in [2.05, 4.69) is 20.9 Å². The summed E-state index contributed by atoms with van der Waals surface area (Å²) in [5, 5.41) is 10.1. The Bertz CT molecular complexity index is 568. The molecule has 0 saturated carbocycles. The number of carbonyl (C=O) groups is 1. The molecule has 0 atom stereocenters. The van der Waals surface area contributed by atoms with E-state index in [4.69, 9.17) is 23.2 Å². The van der Waals surface area contributed by atoms with Gasteiger partial charge in [-0.1, -0.05) is 29.3 Å². The second kappa shape index (κ2) is 8.99. The molecule has 1 amide bonds. The van der Waals surface area contributed by atoms with E-state index in [-0.39, 0.29) is 18.0 Å². The lowest BCUT2D eigenvalue weighted by Crippen LogP contribution is -2.48.